The van der Waals surface area contributed by atoms with E-state index in [-0.39, 0.29) is 10.9 Å². The molecule has 0 radical (unpaired) electrons. The van der Waals surface area contributed by atoms with Crippen LogP contribution in [0.1, 0.15) is 24.5 Å². The molecule has 0 aliphatic heterocycles. The summed E-state index contributed by atoms with van der Waals surface area (Å²) in [7, 11) is 0. The molecule has 3 aromatic rings. The minimum atomic E-state index is -0.554. The fourth-order valence-electron chi connectivity index (χ4n) is 2.70. The largest absolute Gasteiger partial charge is 0.538 e. The van der Waals surface area contributed by atoms with E-state index in [0.717, 1.165) is 28.6 Å². The van der Waals surface area contributed by atoms with E-state index in [2.05, 4.69) is 10.6 Å². The Morgan fingerprint density at radius 2 is 2.00 bits per heavy atom. The summed E-state index contributed by atoms with van der Waals surface area (Å²) in [6.07, 6.45) is 0.556. The maximum atomic E-state index is 12.8. The van der Waals surface area contributed by atoms with E-state index < -0.39 is 11.2 Å². The molecule has 27 heavy (non-hydrogen) atoms. The van der Waals surface area contributed by atoms with E-state index in [9.17, 15) is 9.90 Å². The number of nitrogens with one attached hydrogen (secondary N) is 1. The molecule has 2 aromatic carbocycles. The number of carbonyl (C=O) groups is 1. The molecule has 1 amide bonds. The van der Waals surface area contributed by atoms with Crippen molar-refractivity contribution >= 4 is 23.4 Å². The number of anilines is 1. The van der Waals surface area contributed by atoms with E-state index in [1.807, 2.05) is 69.3 Å². The van der Waals surface area contributed by atoms with Crippen molar-refractivity contribution in [2.45, 2.75) is 37.5 Å². The first-order chi connectivity index (χ1) is 13.0. The maximum Gasteiger partial charge on any atom is 0.298 e. The molecule has 0 aliphatic rings. The zero-order chi connectivity index (χ0) is 19.4. The summed E-state index contributed by atoms with van der Waals surface area (Å²) < 4.78 is 6.26. The van der Waals surface area contributed by atoms with Crippen molar-refractivity contribution in [1.82, 2.24) is 5.27 Å². The van der Waals surface area contributed by atoms with Crippen LogP contribution in [0, 0.1) is 13.8 Å². The van der Waals surface area contributed by atoms with Crippen LogP contribution in [0.25, 0.3) is 5.69 Å². The number of amides is 1. The number of hydrogen-bond acceptors (Lipinski definition) is 5. The quantitative estimate of drug-likeness (QED) is 0.522. The average molecular weight is 383 g/mol. The number of para-hydroxylation sites is 1. The highest BCUT2D eigenvalue weighted by Gasteiger charge is 2.28. The van der Waals surface area contributed by atoms with Crippen LogP contribution < -0.4 is 15.1 Å². The molecule has 1 atom stereocenters. The number of nitrogens with zero attached hydrogens (tertiary/aromatic N) is 2. The van der Waals surface area contributed by atoms with Crippen LogP contribution in [0.5, 0.6) is 5.95 Å². The summed E-state index contributed by atoms with van der Waals surface area (Å²) in [6.45, 7) is 5.87. The van der Waals surface area contributed by atoms with Crippen molar-refractivity contribution in [2.24, 2.45) is 0 Å². The summed E-state index contributed by atoms with van der Waals surface area (Å²) in [4.78, 5) is 12.8. The van der Waals surface area contributed by atoms with Crippen molar-refractivity contribution in [3.05, 3.63) is 59.7 Å². The van der Waals surface area contributed by atoms with Gasteiger partial charge in [0.15, 0.2) is 5.95 Å². The summed E-state index contributed by atoms with van der Waals surface area (Å²) in [5.74, 6) is -0.712. The molecule has 0 saturated heterocycles. The number of carbonyl (C=O) groups excluding carboxylic acids is 1. The lowest BCUT2D eigenvalue weighted by Gasteiger charge is -2.14. The van der Waals surface area contributed by atoms with Crippen LogP contribution >= 0.6 is 11.8 Å². The van der Waals surface area contributed by atoms with Gasteiger partial charge in [0.05, 0.1) is 10.5 Å². The number of hydrogen-bond donors (Lipinski definition) is 1. The fraction of sp³-hybridized carbons (Fsp3) is 0.250. The summed E-state index contributed by atoms with van der Waals surface area (Å²) in [5.41, 5.74) is 3.61. The molecule has 3 rings (SSSR count). The second-order valence-electron chi connectivity index (χ2n) is 6.24. The molecule has 0 fully saturated rings. The topological polar surface area (TPSA) is 82.1 Å². The second kappa shape index (κ2) is 8.26. The van der Waals surface area contributed by atoms with Gasteiger partial charge in [-0.2, -0.15) is 0 Å². The van der Waals surface area contributed by atoms with Crippen molar-refractivity contribution in [3.8, 4) is 11.6 Å². The number of aryl methyl sites for hydroxylation is 2. The Labute approximate surface area is 162 Å². The highest BCUT2D eigenvalue weighted by Crippen LogP contribution is 2.30. The molecular weight excluding hydrogens is 362 g/mol. The zero-order valence-corrected chi connectivity index (χ0v) is 16.2. The summed E-state index contributed by atoms with van der Waals surface area (Å²) in [5, 5.41) is 18.7. The van der Waals surface area contributed by atoms with Gasteiger partial charge in [-0.05, 0) is 48.3 Å². The molecule has 0 aliphatic carbocycles. The molecule has 0 spiro atoms. The van der Waals surface area contributed by atoms with E-state index in [0.29, 0.717) is 12.1 Å². The average Bonchev–Trinajstić information content (AvgIpc) is 3.03. The molecule has 0 saturated carbocycles. The molecular formula is C20H21N3O3S. The first-order valence-corrected chi connectivity index (χ1v) is 9.56. The van der Waals surface area contributed by atoms with Crippen LogP contribution in [0.15, 0.2) is 58.1 Å². The lowest BCUT2D eigenvalue weighted by atomic mass is 10.1. The van der Waals surface area contributed by atoms with E-state index in [4.69, 9.17) is 4.52 Å². The number of rotatable bonds is 6. The lowest BCUT2D eigenvalue weighted by molar-refractivity contribution is -0.705. The smallest absolute Gasteiger partial charge is 0.298 e. The van der Waals surface area contributed by atoms with Crippen LogP contribution in [-0.2, 0) is 4.79 Å². The first-order valence-electron chi connectivity index (χ1n) is 8.68. The highest BCUT2D eigenvalue weighted by molar-refractivity contribution is 8.00. The van der Waals surface area contributed by atoms with Crippen molar-refractivity contribution < 1.29 is 19.1 Å². The second-order valence-corrected chi connectivity index (χ2v) is 7.43. The Morgan fingerprint density at radius 3 is 2.67 bits per heavy atom. The summed E-state index contributed by atoms with van der Waals surface area (Å²) >= 11 is 1.16. The van der Waals surface area contributed by atoms with Gasteiger partial charge in [-0.15, -0.1) is 0 Å². The Hall–Kier alpha value is -2.80. The van der Waals surface area contributed by atoms with Gasteiger partial charge in [-0.3, -0.25) is 4.79 Å². The standard InChI is InChI=1S/C20H21N3O3S/c1-4-17(18(24)21-16-11-10-13(2)12-14(16)3)27-19-20(25)26-22-23(19)15-8-6-5-7-9-15/h5-12,17H,4H2,1-3H3,(H-,21,22,24,25). The number of thioether (sulfide) groups is 1. The molecule has 1 N–H and O–H groups in total. The third-order valence-electron chi connectivity index (χ3n) is 4.13. The van der Waals surface area contributed by atoms with Gasteiger partial charge in [0.25, 0.3) is 5.03 Å². The van der Waals surface area contributed by atoms with Crippen molar-refractivity contribution in [2.75, 3.05) is 5.32 Å². The van der Waals surface area contributed by atoms with E-state index >= 15 is 0 Å². The predicted molar refractivity (Wildman–Crippen MR) is 102 cm³/mol. The van der Waals surface area contributed by atoms with E-state index in [1.165, 1.54) is 4.68 Å². The van der Waals surface area contributed by atoms with Gasteiger partial charge < -0.3 is 14.9 Å². The maximum absolute atomic E-state index is 12.8. The van der Waals surface area contributed by atoms with Crippen LogP contribution in [-0.4, -0.2) is 16.4 Å². The third kappa shape index (κ3) is 4.31. The van der Waals surface area contributed by atoms with Crippen LogP contribution in [0.4, 0.5) is 5.69 Å². The molecule has 140 valence electrons. The molecule has 6 nitrogen and oxygen atoms in total. The monoisotopic (exact) mass is 383 g/mol. The zero-order valence-electron chi connectivity index (χ0n) is 15.4. The van der Waals surface area contributed by atoms with Crippen molar-refractivity contribution in [3.63, 3.8) is 0 Å². The van der Waals surface area contributed by atoms with Gasteiger partial charge in [0, 0.05) is 17.8 Å². The lowest BCUT2D eigenvalue weighted by Crippen LogP contribution is -2.36. The van der Waals surface area contributed by atoms with Crippen LogP contribution in [0.2, 0.25) is 0 Å². The normalized spacial score (nSPS) is 12.0. The SMILES string of the molecule is CCC(Sc1c([O-])on[n+]1-c1ccccc1)C(=O)Nc1ccc(C)cc1C. The Balaban J connectivity index is 1.81. The predicted octanol–water partition coefficient (Wildman–Crippen LogP) is 3.15. The first kappa shape index (κ1) is 19.0. The number of benzene rings is 2. The van der Waals surface area contributed by atoms with Gasteiger partial charge >= 0.3 is 0 Å². The minimum absolute atomic E-state index is 0.158. The Kier molecular flexibility index (Phi) is 5.81. The van der Waals surface area contributed by atoms with Crippen molar-refractivity contribution in [1.29, 1.82) is 0 Å². The highest BCUT2D eigenvalue weighted by atomic mass is 32.2. The van der Waals surface area contributed by atoms with Gasteiger partial charge in [-0.25, -0.2) is 0 Å². The van der Waals surface area contributed by atoms with Gasteiger partial charge in [-0.1, -0.05) is 42.8 Å². The fourth-order valence-corrected chi connectivity index (χ4v) is 3.67. The van der Waals surface area contributed by atoms with E-state index in [1.54, 1.807) is 0 Å². The molecule has 1 heterocycles. The van der Waals surface area contributed by atoms with Crippen LogP contribution in [0.3, 0.4) is 0 Å². The minimum Gasteiger partial charge on any atom is -0.538 e. The number of aromatic nitrogens is 2. The molecule has 1 unspecified atom stereocenters. The third-order valence-corrected chi connectivity index (χ3v) is 5.52. The molecule has 7 heteroatoms. The summed E-state index contributed by atoms with van der Waals surface area (Å²) in [6, 6.07) is 15.1. The van der Waals surface area contributed by atoms with Gasteiger partial charge in [0.2, 0.25) is 11.6 Å². The molecule has 1 aromatic heterocycles. The Bertz CT molecular complexity index is 941. The molecule has 0 bridgehead atoms. The Morgan fingerprint density at radius 1 is 1.26 bits per heavy atom. The van der Waals surface area contributed by atoms with Gasteiger partial charge in [0.1, 0.15) is 0 Å².